The molecule has 1 fully saturated rings. The van der Waals surface area contributed by atoms with E-state index in [4.69, 9.17) is 9.84 Å². The molecular weight excluding hydrogens is 190 g/mol. The second kappa shape index (κ2) is 2.84. The third-order valence-electron chi connectivity index (χ3n) is 2.52. The molecule has 0 aromatic rings. The first-order chi connectivity index (χ1) is 6.18. The van der Waals surface area contributed by atoms with Crippen molar-refractivity contribution in [1.29, 1.82) is 0 Å². The summed E-state index contributed by atoms with van der Waals surface area (Å²) in [6.45, 7) is 3.82. The van der Waals surface area contributed by atoms with E-state index in [1.807, 2.05) is 0 Å². The van der Waals surface area contributed by atoms with Gasteiger partial charge in [0, 0.05) is 0 Å². The Labute approximate surface area is 81.1 Å². The summed E-state index contributed by atoms with van der Waals surface area (Å²) in [7, 11) is 0. The summed E-state index contributed by atoms with van der Waals surface area (Å²) in [5, 5.41) is 18.5. The average Bonchev–Trinajstić information content (AvgIpc) is 2.09. The van der Waals surface area contributed by atoms with Crippen LogP contribution >= 0.6 is 0 Å². The molecule has 1 aliphatic heterocycles. The highest BCUT2D eigenvalue weighted by Gasteiger charge is 2.56. The van der Waals surface area contributed by atoms with E-state index in [0.29, 0.717) is 0 Å². The molecule has 1 amide bonds. The number of carboxylic acid groups (broad SMARTS) is 1. The van der Waals surface area contributed by atoms with Gasteiger partial charge in [-0.3, -0.25) is 9.69 Å². The molecule has 1 aliphatic rings. The summed E-state index contributed by atoms with van der Waals surface area (Å²) in [6.07, 6.45) is -0.817. The molecule has 0 unspecified atom stereocenters. The summed E-state index contributed by atoms with van der Waals surface area (Å²) in [4.78, 5) is 22.4. The fourth-order valence-electron chi connectivity index (χ4n) is 1.23. The number of cyclic esters (lactones) is 1. The van der Waals surface area contributed by atoms with Crippen molar-refractivity contribution in [2.45, 2.75) is 32.1 Å². The van der Waals surface area contributed by atoms with E-state index in [-0.39, 0.29) is 0 Å². The lowest BCUT2D eigenvalue weighted by Gasteiger charge is -2.33. The van der Waals surface area contributed by atoms with Crippen LogP contribution in [0.25, 0.3) is 0 Å². The van der Waals surface area contributed by atoms with Crippen molar-refractivity contribution in [3.63, 3.8) is 0 Å². The molecule has 80 valence electrons. The molecule has 0 saturated carbocycles. The lowest BCUT2D eigenvalue weighted by molar-refractivity contribution is -0.150. The van der Waals surface area contributed by atoms with E-state index in [2.05, 4.69) is 0 Å². The van der Waals surface area contributed by atoms with E-state index in [9.17, 15) is 14.7 Å². The number of hydrogen-bond donors (Lipinski definition) is 2. The molecule has 0 aliphatic carbocycles. The molecule has 14 heavy (non-hydrogen) atoms. The summed E-state index contributed by atoms with van der Waals surface area (Å²) in [5.74, 6) is -1.19. The molecule has 0 aromatic carbocycles. The van der Waals surface area contributed by atoms with Crippen molar-refractivity contribution in [2.75, 3.05) is 6.54 Å². The number of rotatable bonds is 2. The van der Waals surface area contributed by atoms with Crippen molar-refractivity contribution >= 4 is 12.1 Å². The van der Waals surface area contributed by atoms with Gasteiger partial charge in [-0.05, 0) is 20.8 Å². The Balaban J connectivity index is 2.96. The first-order valence-electron chi connectivity index (χ1n) is 4.13. The Morgan fingerprint density at radius 3 is 2.29 bits per heavy atom. The van der Waals surface area contributed by atoms with Crippen LogP contribution in [-0.2, 0) is 9.53 Å². The summed E-state index contributed by atoms with van der Waals surface area (Å²) in [6, 6.07) is 0. The molecule has 1 rings (SSSR count). The highest BCUT2D eigenvalue weighted by Crippen LogP contribution is 2.36. The Bertz CT molecular complexity index is 283. The van der Waals surface area contributed by atoms with Crippen LogP contribution in [0.4, 0.5) is 4.79 Å². The van der Waals surface area contributed by atoms with E-state index in [1.54, 1.807) is 0 Å². The molecule has 1 saturated heterocycles. The quantitative estimate of drug-likeness (QED) is 0.660. The first kappa shape index (κ1) is 10.8. The number of carbonyl (C=O) groups is 2. The minimum Gasteiger partial charge on any atom is -0.480 e. The lowest BCUT2D eigenvalue weighted by Crippen LogP contribution is -2.54. The fraction of sp³-hybridized carbons (Fsp3) is 0.750. The Hall–Kier alpha value is -1.30. The van der Waals surface area contributed by atoms with Crippen LogP contribution in [0.3, 0.4) is 0 Å². The highest BCUT2D eigenvalue weighted by atomic mass is 16.6. The minimum absolute atomic E-state index is 0.574. The van der Waals surface area contributed by atoms with Gasteiger partial charge in [0.05, 0.1) is 0 Å². The molecule has 2 N–H and O–H groups in total. The van der Waals surface area contributed by atoms with Crippen LogP contribution in [0.1, 0.15) is 20.8 Å². The number of carboxylic acids is 1. The third-order valence-corrected chi connectivity index (χ3v) is 2.52. The van der Waals surface area contributed by atoms with Crippen LogP contribution in [-0.4, -0.2) is 45.0 Å². The predicted octanol–water partition coefficient (Wildman–Crippen LogP) is 0.0103. The highest BCUT2D eigenvalue weighted by molar-refractivity contribution is 5.79. The molecule has 6 heteroatoms. The predicted molar refractivity (Wildman–Crippen MR) is 45.5 cm³/mol. The van der Waals surface area contributed by atoms with Gasteiger partial charge >= 0.3 is 12.1 Å². The van der Waals surface area contributed by atoms with Crippen LogP contribution in [0, 0.1) is 0 Å². The number of aliphatic hydroxyl groups is 1. The molecule has 1 heterocycles. The van der Waals surface area contributed by atoms with Crippen molar-refractivity contribution < 1.29 is 24.5 Å². The van der Waals surface area contributed by atoms with Crippen LogP contribution < -0.4 is 0 Å². The number of amides is 1. The first-order valence-corrected chi connectivity index (χ1v) is 4.13. The lowest BCUT2D eigenvalue weighted by atomic mass is 9.96. The second-order valence-corrected chi connectivity index (χ2v) is 3.88. The maximum Gasteiger partial charge on any atom is 0.413 e. The van der Waals surface area contributed by atoms with Gasteiger partial charge < -0.3 is 14.9 Å². The van der Waals surface area contributed by atoms with Crippen molar-refractivity contribution in [2.24, 2.45) is 0 Å². The maximum atomic E-state index is 11.2. The fourth-order valence-corrected chi connectivity index (χ4v) is 1.23. The largest absolute Gasteiger partial charge is 0.480 e. The average molecular weight is 203 g/mol. The number of ether oxygens (including phenoxy) is 1. The van der Waals surface area contributed by atoms with Gasteiger partial charge in [-0.15, -0.1) is 0 Å². The van der Waals surface area contributed by atoms with Crippen molar-refractivity contribution in [3.05, 3.63) is 0 Å². The van der Waals surface area contributed by atoms with Gasteiger partial charge in [0.15, 0.2) is 11.3 Å². The summed E-state index contributed by atoms with van der Waals surface area (Å²) in [5.41, 5.74) is -2.72. The second-order valence-electron chi connectivity index (χ2n) is 3.88. The van der Waals surface area contributed by atoms with Gasteiger partial charge in [-0.2, -0.15) is 0 Å². The van der Waals surface area contributed by atoms with Crippen LogP contribution in [0.2, 0.25) is 0 Å². The van der Waals surface area contributed by atoms with Crippen LogP contribution in [0.5, 0.6) is 0 Å². The molecule has 0 radical (unpaired) electrons. The van der Waals surface area contributed by atoms with E-state index >= 15 is 0 Å². The maximum absolute atomic E-state index is 11.2. The number of hydrogen-bond acceptors (Lipinski definition) is 4. The van der Waals surface area contributed by atoms with Gasteiger partial charge in [0.1, 0.15) is 6.54 Å². The molecule has 6 nitrogen and oxygen atoms in total. The van der Waals surface area contributed by atoms with Gasteiger partial charge in [0.2, 0.25) is 0 Å². The van der Waals surface area contributed by atoms with E-state index in [1.165, 1.54) is 20.8 Å². The number of carbonyl (C=O) groups excluding carboxylic acids is 1. The summed E-state index contributed by atoms with van der Waals surface area (Å²) < 4.78 is 4.85. The normalized spacial score (nSPS) is 30.3. The van der Waals surface area contributed by atoms with Gasteiger partial charge in [-0.1, -0.05) is 0 Å². The molecule has 0 spiro atoms. The summed E-state index contributed by atoms with van der Waals surface area (Å²) >= 11 is 0. The van der Waals surface area contributed by atoms with Gasteiger partial charge in [-0.25, -0.2) is 4.79 Å². The standard InChI is InChI=1S/C8H13NO5/c1-7(2)8(3,13)9(4-5(10)11)6(12)14-7/h13H,4H2,1-3H3,(H,10,11)/t8-/m1/s1. The zero-order valence-electron chi connectivity index (χ0n) is 8.27. The monoisotopic (exact) mass is 203 g/mol. The SMILES string of the molecule is CC1(C)OC(=O)N(CC(=O)O)[C@]1(C)O. The van der Waals surface area contributed by atoms with Gasteiger partial charge in [0.25, 0.3) is 0 Å². The topological polar surface area (TPSA) is 87.1 Å². The smallest absolute Gasteiger partial charge is 0.413 e. The molecule has 1 atom stereocenters. The zero-order chi connectivity index (χ0) is 11.1. The Kier molecular flexibility index (Phi) is 2.19. The van der Waals surface area contributed by atoms with Crippen molar-refractivity contribution in [3.8, 4) is 0 Å². The van der Waals surface area contributed by atoms with Crippen LogP contribution in [0.15, 0.2) is 0 Å². The zero-order valence-corrected chi connectivity index (χ0v) is 8.27. The van der Waals surface area contributed by atoms with Crippen molar-refractivity contribution in [1.82, 2.24) is 4.90 Å². The Morgan fingerprint density at radius 2 is 2.00 bits per heavy atom. The molecule has 0 bridgehead atoms. The van der Waals surface area contributed by atoms with E-state index in [0.717, 1.165) is 4.90 Å². The minimum atomic E-state index is -1.61. The third kappa shape index (κ3) is 1.41. The van der Waals surface area contributed by atoms with E-state index < -0.39 is 29.9 Å². The number of nitrogens with zero attached hydrogens (tertiary/aromatic N) is 1. The Morgan fingerprint density at radius 1 is 1.50 bits per heavy atom. The molecule has 0 aromatic heterocycles. The number of aliphatic carboxylic acids is 1. The molecular formula is C8H13NO5.